The molecule has 0 bridgehead atoms. The number of amides is 2. The quantitative estimate of drug-likeness (QED) is 0.684. The van der Waals surface area contributed by atoms with Crippen LogP contribution >= 0.6 is 0 Å². The lowest BCUT2D eigenvalue weighted by atomic mass is 9.92. The van der Waals surface area contributed by atoms with Gasteiger partial charge < -0.3 is 14.5 Å². The smallest absolute Gasteiger partial charge is 0.253 e. The Morgan fingerprint density at radius 3 is 2.32 bits per heavy atom. The van der Waals surface area contributed by atoms with Gasteiger partial charge >= 0.3 is 0 Å². The number of ether oxygens (including phenoxy) is 1. The lowest BCUT2D eigenvalue weighted by Gasteiger charge is -2.37. The van der Waals surface area contributed by atoms with Crippen LogP contribution in [0.2, 0.25) is 0 Å². The highest BCUT2D eigenvalue weighted by molar-refractivity contribution is 7.89. The van der Waals surface area contributed by atoms with Crippen molar-refractivity contribution in [1.82, 2.24) is 14.1 Å². The molecule has 1 aromatic rings. The highest BCUT2D eigenvalue weighted by atomic mass is 32.2. The van der Waals surface area contributed by atoms with Crippen molar-refractivity contribution in [1.29, 1.82) is 0 Å². The molecule has 0 N–H and O–H groups in total. The van der Waals surface area contributed by atoms with Crippen LogP contribution in [0.1, 0.15) is 43.0 Å². The first-order chi connectivity index (χ1) is 14.6. The van der Waals surface area contributed by atoms with Crippen molar-refractivity contribution in [2.24, 2.45) is 11.8 Å². The molecule has 0 radical (unpaired) electrons. The van der Waals surface area contributed by atoms with E-state index in [-0.39, 0.29) is 28.4 Å². The molecule has 2 saturated heterocycles. The average Bonchev–Trinajstić information content (AvgIpc) is 2.77. The maximum absolute atomic E-state index is 13.1. The van der Waals surface area contributed by atoms with E-state index in [2.05, 4.69) is 6.92 Å². The maximum Gasteiger partial charge on any atom is 0.253 e. The average molecular weight is 452 g/mol. The highest BCUT2D eigenvalue weighted by Gasteiger charge is 2.32. The van der Waals surface area contributed by atoms with Crippen LogP contribution in [0.3, 0.4) is 0 Å². The lowest BCUT2D eigenvalue weighted by molar-refractivity contribution is -0.138. The second-order valence-electron chi connectivity index (χ2n) is 8.75. The van der Waals surface area contributed by atoms with Gasteiger partial charge in [0.1, 0.15) is 10.6 Å². The fourth-order valence-electron chi connectivity index (χ4n) is 4.37. The Balaban J connectivity index is 1.69. The Labute approximate surface area is 185 Å². The van der Waals surface area contributed by atoms with Gasteiger partial charge in [-0.25, -0.2) is 12.7 Å². The third-order valence-corrected chi connectivity index (χ3v) is 8.11. The molecule has 2 fully saturated rings. The Morgan fingerprint density at radius 2 is 1.74 bits per heavy atom. The molecule has 1 unspecified atom stereocenters. The second-order valence-corrected chi connectivity index (χ2v) is 10.9. The number of rotatable bonds is 5. The number of carbonyl (C=O) groups is 2. The van der Waals surface area contributed by atoms with Crippen molar-refractivity contribution >= 4 is 21.8 Å². The summed E-state index contributed by atoms with van der Waals surface area (Å²) in [6.45, 7) is 4.81. The standard InChI is InChI=1S/C22H33N3O5S/c1-16-6-5-11-25(15-16)21(26)17-9-12-24(13-10-17)22(27)18-7-8-19(30-4)20(14-18)31(28,29)23(2)3/h7-8,14,16-17H,5-6,9-13,15H2,1-4H3. The molecular weight excluding hydrogens is 418 g/mol. The minimum atomic E-state index is -3.76. The number of sulfonamides is 1. The van der Waals surface area contributed by atoms with Crippen LogP contribution in [-0.4, -0.2) is 81.7 Å². The number of hydrogen-bond donors (Lipinski definition) is 0. The number of piperidine rings is 2. The van der Waals surface area contributed by atoms with Crippen LogP contribution in [-0.2, 0) is 14.8 Å². The summed E-state index contributed by atoms with van der Waals surface area (Å²) in [5, 5.41) is 0. The number of benzene rings is 1. The largest absolute Gasteiger partial charge is 0.495 e. The molecule has 2 aliphatic heterocycles. The van der Waals surface area contributed by atoms with Gasteiger partial charge in [0.05, 0.1) is 7.11 Å². The first-order valence-electron chi connectivity index (χ1n) is 10.8. The van der Waals surface area contributed by atoms with E-state index >= 15 is 0 Å². The Kier molecular flexibility index (Phi) is 7.26. The lowest BCUT2D eigenvalue weighted by Crippen LogP contribution is -2.47. The minimum Gasteiger partial charge on any atom is -0.495 e. The maximum atomic E-state index is 13.1. The van der Waals surface area contributed by atoms with Crippen molar-refractivity contribution in [3.8, 4) is 5.75 Å². The summed E-state index contributed by atoms with van der Waals surface area (Å²) in [4.78, 5) is 29.6. The van der Waals surface area contributed by atoms with Gasteiger partial charge in [0.25, 0.3) is 5.91 Å². The zero-order chi connectivity index (χ0) is 22.8. The van der Waals surface area contributed by atoms with Crippen molar-refractivity contribution in [2.45, 2.75) is 37.5 Å². The fourth-order valence-corrected chi connectivity index (χ4v) is 5.44. The Morgan fingerprint density at radius 1 is 1.06 bits per heavy atom. The van der Waals surface area contributed by atoms with E-state index in [0.29, 0.717) is 37.4 Å². The monoisotopic (exact) mass is 451 g/mol. The summed E-state index contributed by atoms with van der Waals surface area (Å²) in [7, 11) is 0.520. The van der Waals surface area contributed by atoms with Crippen molar-refractivity contribution in [3.05, 3.63) is 23.8 Å². The van der Waals surface area contributed by atoms with Gasteiger partial charge in [-0.3, -0.25) is 9.59 Å². The summed E-state index contributed by atoms with van der Waals surface area (Å²) >= 11 is 0. The molecule has 8 nitrogen and oxygen atoms in total. The molecule has 31 heavy (non-hydrogen) atoms. The first-order valence-corrected chi connectivity index (χ1v) is 12.3. The molecule has 0 aromatic heterocycles. The molecule has 1 aromatic carbocycles. The third kappa shape index (κ3) is 5.03. The van der Waals surface area contributed by atoms with Crippen LogP contribution in [0.25, 0.3) is 0 Å². The number of methoxy groups -OCH3 is 1. The molecule has 172 valence electrons. The van der Waals surface area contributed by atoms with Gasteiger partial charge in [0.15, 0.2) is 0 Å². The van der Waals surface area contributed by atoms with Gasteiger partial charge in [-0.05, 0) is 49.8 Å². The number of likely N-dealkylation sites (tertiary alicyclic amines) is 2. The molecule has 2 heterocycles. The molecule has 2 aliphatic rings. The molecule has 0 saturated carbocycles. The van der Waals surface area contributed by atoms with Crippen LogP contribution in [0, 0.1) is 11.8 Å². The zero-order valence-electron chi connectivity index (χ0n) is 18.8. The van der Waals surface area contributed by atoms with Crippen molar-refractivity contribution < 1.29 is 22.7 Å². The van der Waals surface area contributed by atoms with E-state index in [9.17, 15) is 18.0 Å². The van der Waals surface area contributed by atoms with Gasteiger partial charge in [-0.15, -0.1) is 0 Å². The van der Waals surface area contributed by atoms with E-state index in [0.717, 1.165) is 23.8 Å². The molecule has 3 rings (SSSR count). The van der Waals surface area contributed by atoms with Crippen molar-refractivity contribution in [2.75, 3.05) is 47.4 Å². The normalized spacial score (nSPS) is 20.7. The molecule has 0 spiro atoms. The first kappa shape index (κ1) is 23.5. The molecule has 9 heteroatoms. The van der Waals surface area contributed by atoms with E-state index in [4.69, 9.17) is 4.74 Å². The summed E-state index contributed by atoms with van der Waals surface area (Å²) in [5.74, 6) is 0.681. The molecular formula is C22H33N3O5S. The summed E-state index contributed by atoms with van der Waals surface area (Å²) < 4.78 is 31.6. The van der Waals surface area contributed by atoms with Gasteiger partial charge in [0, 0.05) is 51.8 Å². The predicted octanol–water partition coefficient (Wildman–Crippen LogP) is 2.06. The Bertz CT molecular complexity index is 923. The second kappa shape index (κ2) is 9.56. The van der Waals surface area contributed by atoms with Crippen LogP contribution in [0.15, 0.2) is 23.1 Å². The molecule has 1 atom stereocenters. The topological polar surface area (TPSA) is 87.2 Å². The van der Waals surface area contributed by atoms with E-state index in [1.807, 2.05) is 4.90 Å². The number of carbonyl (C=O) groups excluding carboxylic acids is 2. The molecule has 2 amide bonds. The van der Waals surface area contributed by atoms with Crippen molar-refractivity contribution in [3.63, 3.8) is 0 Å². The zero-order valence-corrected chi connectivity index (χ0v) is 19.7. The summed E-state index contributed by atoms with van der Waals surface area (Å²) in [6.07, 6.45) is 3.49. The third-order valence-electron chi connectivity index (χ3n) is 6.27. The SMILES string of the molecule is COc1ccc(C(=O)N2CCC(C(=O)N3CCCC(C)C3)CC2)cc1S(=O)(=O)N(C)C. The predicted molar refractivity (Wildman–Crippen MR) is 117 cm³/mol. The number of hydrogen-bond acceptors (Lipinski definition) is 5. The minimum absolute atomic E-state index is 0.0323. The van der Waals surface area contributed by atoms with E-state index in [1.54, 1.807) is 11.0 Å². The van der Waals surface area contributed by atoms with Crippen LogP contribution in [0.4, 0.5) is 0 Å². The fraction of sp³-hybridized carbons (Fsp3) is 0.636. The summed E-state index contributed by atoms with van der Waals surface area (Å²) in [6, 6.07) is 4.47. The Hall–Kier alpha value is -2.13. The van der Waals surface area contributed by atoms with Crippen LogP contribution in [0.5, 0.6) is 5.75 Å². The van der Waals surface area contributed by atoms with Gasteiger partial charge in [-0.2, -0.15) is 0 Å². The van der Waals surface area contributed by atoms with Gasteiger partial charge in [-0.1, -0.05) is 6.92 Å². The van der Waals surface area contributed by atoms with E-state index < -0.39 is 10.0 Å². The molecule has 0 aliphatic carbocycles. The summed E-state index contributed by atoms with van der Waals surface area (Å²) in [5.41, 5.74) is 0.302. The number of nitrogens with zero attached hydrogens (tertiary/aromatic N) is 3. The van der Waals surface area contributed by atoms with Crippen LogP contribution < -0.4 is 4.74 Å². The highest BCUT2D eigenvalue weighted by Crippen LogP contribution is 2.29. The van der Waals surface area contributed by atoms with E-state index in [1.165, 1.54) is 39.8 Å². The van der Waals surface area contributed by atoms with Gasteiger partial charge in [0.2, 0.25) is 15.9 Å².